The van der Waals surface area contributed by atoms with E-state index in [1.165, 1.54) is 244 Å². The minimum Gasteiger partial charge on any atom is -0.456 e. The minimum atomic E-state index is -4.46. The molecule has 0 aliphatic heterocycles. The molecular weight excluding hydrogens is 1100 g/mol. The van der Waals surface area contributed by atoms with Gasteiger partial charge in [0.05, 0.1) is 33.8 Å². The molecule has 0 saturated heterocycles. The van der Waals surface area contributed by atoms with Gasteiger partial charge in [-0.3, -0.25) is 18.6 Å². The largest absolute Gasteiger partial charge is 0.472 e. The number of amides is 1. The number of ether oxygens (including phenoxy) is 1. The van der Waals surface area contributed by atoms with Crippen LogP contribution in [0.1, 0.15) is 367 Å². The summed E-state index contributed by atoms with van der Waals surface area (Å²) in [5, 5.41) is 3.07. The number of nitrogens with one attached hydrogen (secondary N) is 1. The number of allylic oxidation sites excluding steroid dienone is 9. The van der Waals surface area contributed by atoms with Crippen molar-refractivity contribution in [2.24, 2.45) is 0 Å². The molecule has 0 fully saturated rings. The number of hydrogen-bond donors (Lipinski definition) is 2. The molecule has 9 nitrogen and oxygen atoms in total. The van der Waals surface area contributed by atoms with Crippen LogP contribution in [0.25, 0.3) is 0 Å². The lowest BCUT2D eigenvalue weighted by Crippen LogP contribution is -2.47. The van der Waals surface area contributed by atoms with Gasteiger partial charge in [-0.05, 0) is 76.7 Å². The van der Waals surface area contributed by atoms with Crippen molar-refractivity contribution in [3.8, 4) is 0 Å². The molecule has 0 aromatic carbocycles. The lowest BCUT2D eigenvalue weighted by Gasteiger charge is -2.27. The third-order valence-electron chi connectivity index (χ3n) is 17.0. The molecule has 510 valence electrons. The Morgan fingerprint density at radius 3 is 1.07 bits per heavy atom. The van der Waals surface area contributed by atoms with E-state index in [1.807, 2.05) is 33.3 Å². The molecule has 0 bridgehead atoms. The number of phosphoric acid groups is 1. The lowest BCUT2D eigenvalue weighted by molar-refractivity contribution is -0.870. The van der Waals surface area contributed by atoms with Crippen molar-refractivity contribution in [2.75, 3.05) is 40.9 Å². The predicted octanol–water partition coefficient (Wildman–Crippen LogP) is 24.1. The topological polar surface area (TPSA) is 111 Å². The van der Waals surface area contributed by atoms with Crippen molar-refractivity contribution in [3.05, 3.63) is 60.8 Å². The van der Waals surface area contributed by atoms with Crippen LogP contribution in [0.2, 0.25) is 0 Å². The van der Waals surface area contributed by atoms with Gasteiger partial charge in [0, 0.05) is 12.8 Å². The Kier molecular flexibility index (Phi) is 64.9. The second-order valence-corrected chi connectivity index (χ2v) is 28.3. The molecule has 2 N–H and O–H groups in total. The molecule has 0 saturated carbocycles. The molecule has 0 spiro atoms. The Bertz CT molecular complexity index is 1670. The van der Waals surface area contributed by atoms with E-state index < -0.39 is 20.0 Å². The van der Waals surface area contributed by atoms with E-state index in [4.69, 9.17) is 13.8 Å². The zero-order valence-electron chi connectivity index (χ0n) is 58.5. The number of quaternary nitrogens is 1. The van der Waals surface area contributed by atoms with Gasteiger partial charge in [0.15, 0.2) is 0 Å². The summed E-state index contributed by atoms with van der Waals surface area (Å²) < 4.78 is 30.9. The third kappa shape index (κ3) is 67.9. The number of phosphoric ester groups is 1. The molecular formula is C77H146N2O7P+. The smallest absolute Gasteiger partial charge is 0.456 e. The highest BCUT2D eigenvalue weighted by molar-refractivity contribution is 7.47. The fraction of sp³-hybridized carbons (Fsp3) is 0.844. The van der Waals surface area contributed by atoms with Crippen LogP contribution in [0, 0.1) is 0 Å². The second-order valence-electron chi connectivity index (χ2n) is 26.8. The summed E-state index contributed by atoms with van der Waals surface area (Å²) in [5.41, 5.74) is 0. The van der Waals surface area contributed by atoms with Gasteiger partial charge >= 0.3 is 13.8 Å². The highest BCUT2D eigenvalue weighted by Gasteiger charge is 2.30. The van der Waals surface area contributed by atoms with Crippen LogP contribution >= 0.6 is 7.82 Å². The molecule has 87 heavy (non-hydrogen) atoms. The summed E-state index contributed by atoms with van der Waals surface area (Å²) >= 11 is 0. The highest BCUT2D eigenvalue weighted by Crippen LogP contribution is 2.43. The van der Waals surface area contributed by atoms with E-state index in [-0.39, 0.29) is 25.1 Å². The zero-order valence-corrected chi connectivity index (χ0v) is 59.4. The van der Waals surface area contributed by atoms with Crippen molar-refractivity contribution >= 4 is 19.7 Å². The van der Waals surface area contributed by atoms with E-state index in [1.54, 1.807) is 0 Å². The van der Waals surface area contributed by atoms with Gasteiger partial charge < -0.3 is 19.4 Å². The van der Waals surface area contributed by atoms with Crippen molar-refractivity contribution in [1.82, 2.24) is 5.32 Å². The van der Waals surface area contributed by atoms with Crippen molar-refractivity contribution in [3.63, 3.8) is 0 Å². The van der Waals surface area contributed by atoms with Crippen molar-refractivity contribution in [2.45, 2.75) is 380 Å². The molecule has 0 rings (SSSR count). The number of rotatable bonds is 69. The summed E-state index contributed by atoms with van der Waals surface area (Å²) in [7, 11) is 1.50. The Morgan fingerprint density at radius 1 is 0.402 bits per heavy atom. The van der Waals surface area contributed by atoms with Crippen molar-refractivity contribution < 1.29 is 37.3 Å². The molecule has 0 aliphatic carbocycles. The SMILES string of the molecule is CCCCC/C=C\C/C=C\C/C=C\C/C=C\CCCCCCCCCCCC(=O)NC(COP(=O)(O)OCC[N+](C)(C)C)C(/C=C/CCCCCCCCCCC)OC(=O)CCCCCCCCCCCCCCCCCCCCCCCCCCC. The maximum atomic E-state index is 13.6. The quantitative estimate of drug-likeness (QED) is 0.0205. The van der Waals surface area contributed by atoms with E-state index in [0.717, 1.165) is 89.9 Å². The Balaban J connectivity index is 4.95. The number of carbonyl (C=O) groups excluding carboxylic acids is 2. The summed E-state index contributed by atoms with van der Waals surface area (Å²) in [4.78, 5) is 37.9. The standard InChI is InChI=1S/C77H145N2O7P/c1-7-10-13-16-19-22-25-27-29-31-33-35-37-39-41-43-45-47-49-51-54-57-60-63-66-69-76(80)78-74(73-85-87(82,83)84-72-71-79(4,5)6)75(68-65-62-59-56-53-24-21-18-15-12-9-3)86-77(81)70-67-64-61-58-55-52-50-48-46-44-42-40-38-36-34-32-30-28-26-23-20-17-14-11-8-2/h19,22,27,29,33,35,39,41,65,68,74-75H,7-18,20-21,23-26,28,30-32,34,36-38,40,42-64,66-67,69-73H2,1-6H3,(H-,78,80,82,83)/p+1/b22-19-,29-27-,35-33-,41-39-,68-65+. The zero-order chi connectivity index (χ0) is 63.5. The average molecular weight is 1240 g/mol. The molecule has 0 aliphatic rings. The van der Waals surface area contributed by atoms with Crippen molar-refractivity contribution in [1.29, 1.82) is 0 Å². The third-order valence-corrected chi connectivity index (χ3v) is 17.9. The summed E-state index contributed by atoms with van der Waals surface area (Å²) in [5.74, 6) is -0.496. The Morgan fingerprint density at radius 2 is 0.701 bits per heavy atom. The van der Waals surface area contributed by atoms with Crippen LogP contribution in [0.3, 0.4) is 0 Å². The first-order valence-electron chi connectivity index (χ1n) is 37.6. The van der Waals surface area contributed by atoms with Crippen LogP contribution in [-0.4, -0.2) is 74.3 Å². The van der Waals surface area contributed by atoms with E-state index in [0.29, 0.717) is 23.9 Å². The van der Waals surface area contributed by atoms with Gasteiger partial charge in [-0.2, -0.15) is 0 Å². The fourth-order valence-electron chi connectivity index (χ4n) is 11.2. The summed E-state index contributed by atoms with van der Waals surface area (Å²) in [6.45, 7) is 7.03. The van der Waals surface area contributed by atoms with Gasteiger partial charge in [0.1, 0.15) is 19.3 Å². The first-order valence-corrected chi connectivity index (χ1v) is 39.1. The Hall–Kier alpha value is -2.29. The van der Waals surface area contributed by atoms with E-state index >= 15 is 0 Å². The first-order chi connectivity index (χ1) is 42.4. The maximum Gasteiger partial charge on any atom is 0.472 e. The molecule has 0 heterocycles. The maximum absolute atomic E-state index is 13.6. The van der Waals surface area contributed by atoms with Gasteiger partial charge in [0.2, 0.25) is 5.91 Å². The van der Waals surface area contributed by atoms with Gasteiger partial charge in [-0.1, -0.05) is 339 Å². The van der Waals surface area contributed by atoms with Crippen LogP contribution in [0.4, 0.5) is 0 Å². The van der Waals surface area contributed by atoms with Gasteiger partial charge in [-0.15, -0.1) is 0 Å². The number of nitrogens with zero attached hydrogens (tertiary/aromatic N) is 1. The summed E-state index contributed by atoms with van der Waals surface area (Å²) in [6.07, 6.45) is 86.8. The van der Waals surface area contributed by atoms with E-state index in [2.05, 4.69) is 74.7 Å². The Labute approximate surface area is 541 Å². The predicted molar refractivity (Wildman–Crippen MR) is 378 cm³/mol. The number of carbonyl (C=O) groups is 2. The second kappa shape index (κ2) is 66.6. The van der Waals surface area contributed by atoms with Gasteiger partial charge in [0.25, 0.3) is 0 Å². The number of hydrogen-bond acceptors (Lipinski definition) is 6. The lowest BCUT2D eigenvalue weighted by atomic mass is 10.0. The minimum absolute atomic E-state index is 0.0394. The van der Waals surface area contributed by atoms with Gasteiger partial charge in [-0.25, -0.2) is 4.57 Å². The number of likely N-dealkylation sites (N-methyl/N-ethyl adjacent to an activating group) is 1. The van der Waals surface area contributed by atoms with Crippen LogP contribution < -0.4 is 5.32 Å². The number of unbranched alkanes of at least 4 members (excludes halogenated alkanes) is 45. The first kappa shape index (κ1) is 84.7. The van der Waals surface area contributed by atoms with E-state index in [9.17, 15) is 19.0 Å². The normalized spacial score (nSPS) is 13.8. The molecule has 3 atom stereocenters. The molecule has 0 aromatic rings. The van der Waals surface area contributed by atoms with Crippen LogP contribution in [0.15, 0.2) is 60.8 Å². The number of esters is 1. The van der Waals surface area contributed by atoms with Crippen LogP contribution in [-0.2, 0) is 27.9 Å². The monoisotopic (exact) mass is 1240 g/mol. The molecule has 0 aromatic heterocycles. The molecule has 0 radical (unpaired) electrons. The molecule has 3 unspecified atom stereocenters. The highest BCUT2D eigenvalue weighted by atomic mass is 31.2. The fourth-order valence-corrected chi connectivity index (χ4v) is 11.9. The molecule has 10 heteroatoms. The average Bonchev–Trinajstić information content (AvgIpc) is 3.70. The van der Waals surface area contributed by atoms with Crippen LogP contribution in [0.5, 0.6) is 0 Å². The molecule has 1 amide bonds. The summed E-state index contributed by atoms with van der Waals surface area (Å²) in [6, 6.07) is -0.852.